The lowest BCUT2D eigenvalue weighted by atomic mass is 10.1. The van der Waals surface area contributed by atoms with E-state index in [-0.39, 0.29) is 12.4 Å². The molecule has 0 amide bonds. The highest BCUT2D eigenvalue weighted by molar-refractivity contribution is 5.82. The van der Waals surface area contributed by atoms with Crippen LogP contribution in [0.2, 0.25) is 0 Å². The molecule has 162 valence electrons. The number of carbonyl (C=O) groups is 1. The van der Waals surface area contributed by atoms with Crippen LogP contribution in [0.4, 0.5) is 0 Å². The molecule has 0 saturated heterocycles. The summed E-state index contributed by atoms with van der Waals surface area (Å²) < 4.78 is 17.1. The van der Waals surface area contributed by atoms with Crippen LogP contribution in [0.15, 0.2) is 46.9 Å². The number of fused-ring (bicyclic) bond motifs is 1. The molecular formula is C26H34O4. The summed E-state index contributed by atoms with van der Waals surface area (Å²) in [5.74, 6) is 2.04. The zero-order valence-corrected chi connectivity index (χ0v) is 19.1. The van der Waals surface area contributed by atoms with E-state index in [0.29, 0.717) is 24.9 Å². The van der Waals surface area contributed by atoms with Crippen molar-refractivity contribution in [1.29, 1.82) is 0 Å². The zero-order chi connectivity index (χ0) is 22.1. The van der Waals surface area contributed by atoms with Crippen LogP contribution in [0.5, 0.6) is 5.75 Å². The Kier molecular flexibility index (Phi) is 8.97. The highest BCUT2D eigenvalue weighted by Crippen LogP contribution is 2.27. The van der Waals surface area contributed by atoms with Crippen LogP contribution in [0.3, 0.4) is 0 Å². The van der Waals surface area contributed by atoms with Gasteiger partial charge < -0.3 is 13.9 Å². The number of hydrogen-bond donors (Lipinski definition) is 0. The molecule has 30 heavy (non-hydrogen) atoms. The van der Waals surface area contributed by atoms with E-state index in [4.69, 9.17) is 13.9 Å². The van der Waals surface area contributed by atoms with E-state index in [0.717, 1.165) is 39.8 Å². The summed E-state index contributed by atoms with van der Waals surface area (Å²) in [5, 5.41) is 1.11. The molecule has 0 aliphatic heterocycles. The van der Waals surface area contributed by atoms with E-state index >= 15 is 0 Å². The van der Waals surface area contributed by atoms with Crippen molar-refractivity contribution in [1.82, 2.24) is 0 Å². The SMILES string of the molecule is CC.CCOC(=O)Cc1ccccc1OCc1cc(C)c2oc(CC(C)C)cc2c1. The van der Waals surface area contributed by atoms with Crippen molar-refractivity contribution in [3.8, 4) is 5.75 Å². The number of ether oxygens (including phenoxy) is 2. The van der Waals surface area contributed by atoms with Crippen molar-refractivity contribution in [2.45, 2.75) is 61.0 Å². The molecule has 0 aliphatic rings. The third-order valence-electron chi connectivity index (χ3n) is 4.53. The number of esters is 1. The summed E-state index contributed by atoms with van der Waals surface area (Å²) >= 11 is 0. The second-order valence-corrected chi connectivity index (χ2v) is 7.52. The third-order valence-corrected chi connectivity index (χ3v) is 4.53. The first-order valence-electron chi connectivity index (χ1n) is 10.8. The maximum absolute atomic E-state index is 11.8. The summed E-state index contributed by atoms with van der Waals surface area (Å²) in [6, 6.07) is 13.9. The van der Waals surface area contributed by atoms with Gasteiger partial charge in [0.15, 0.2) is 0 Å². The number of hydrogen-bond acceptors (Lipinski definition) is 4. The van der Waals surface area contributed by atoms with E-state index in [2.05, 4.69) is 39.0 Å². The molecule has 0 bridgehead atoms. The van der Waals surface area contributed by atoms with Gasteiger partial charge in [0.2, 0.25) is 0 Å². The fourth-order valence-electron chi connectivity index (χ4n) is 3.36. The van der Waals surface area contributed by atoms with E-state index < -0.39 is 0 Å². The van der Waals surface area contributed by atoms with Gasteiger partial charge in [-0.25, -0.2) is 0 Å². The van der Waals surface area contributed by atoms with Crippen molar-refractivity contribution in [2.24, 2.45) is 5.92 Å². The number of aryl methyl sites for hydroxylation is 1. The van der Waals surface area contributed by atoms with Gasteiger partial charge in [0.1, 0.15) is 23.7 Å². The van der Waals surface area contributed by atoms with Crippen LogP contribution in [-0.4, -0.2) is 12.6 Å². The van der Waals surface area contributed by atoms with Gasteiger partial charge in [-0.05, 0) is 55.2 Å². The van der Waals surface area contributed by atoms with Crippen LogP contribution >= 0.6 is 0 Å². The maximum Gasteiger partial charge on any atom is 0.310 e. The smallest absolute Gasteiger partial charge is 0.310 e. The lowest BCUT2D eigenvalue weighted by molar-refractivity contribution is -0.142. The molecule has 2 aromatic carbocycles. The van der Waals surface area contributed by atoms with Crippen molar-refractivity contribution in [3.63, 3.8) is 0 Å². The summed E-state index contributed by atoms with van der Waals surface area (Å²) in [7, 11) is 0. The molecular weight excluding hydrogens is 376 g/mol. The summed E-state index contributed by atoms with van der Waals surface area (Å²) in [6.07, 6.45) is 1.14. The summed E-state index contributed by atoms with van der Waals surface area (Å²) in [5.41, 5.74) is 3.96. The van der Waals surface area contributed by atoms with E-state index in [9.17, 15) is 4.79 Å². The monoisotopic (exact) mass is 410 g/mol. The number of benzene rings is 2. The first kappa shape index (κ1) is 23.5. The number of furan rings is 1. The molecule has 0 radical (unpaired) electrons. The highest BCUT2D eigenvalue weighted by atomic mass is 16.5. The van der Waals surface area contributed by atoms with Gasteiger partial charge in [-0.1, -0.05) is 45.9 Å². The molecule has 0 spiro atoms. The molecule has 3 aromatic rings. The maximum atomic E-state index is 11.8. The summed E-state index contributed by atoms with van der Waals surface area (Å²) in [4.78, 5) is 11.8. The average Bonchev–Trinajstić information content (AvgIpc) is 3.11. The van der Waals surface area contributed by atoms with Crippen LogP contribution in [0.1, 0.15) is 57.1 Å². The highest BCUT2D eigenvalue weighted by Gasteiger charge is 2.12. The molecule has 0 saturated carbocycles. The molecule has 4 heteroatoms. The van der Waals surface area contributed by atoms with Crippen molar-refractivity contribution >= 4 is 16.9 Å². The molecule has 0 N–H and O–H groups in total. The minimum absolute atomic E-state index is 0.211. The lowest BCUT2D eigenvalue weighted by Gasteiger charge is -2.12. The van der Waals surface area contributed by atoms with Gasteiger partial charge in [0.25, 0.3) is 0 Å². The molecule has 3 rings (SSSR count). The van der Waals surface area contributed by atoms with Crippen molar-refractivity contribution in [2.75, 3.05) is 6.61 Å². The Morgan fingerprint density at radius 2 is 1.83 bits per heavy atom. The Morgan fingerprint density at radius 1 is 1.10 bits per heavy atom. The lowest BCUT2D eigenvalue weighted by Crippen LogP contribution is -2.09. The quantitative estimate of drug-likeness (QED) is 0.390. The van der Waals surface area contributed by atoms with Crippen molar-refractivity contribution < 1.29 is 18.7 Å². The van der Waals surface area contributed by atoms with Gasteiger partial charge in [-0.3, -0.25) is 4.79 Å². The Balaban J connectivity index is 0.00000155. The van der Waals surface area contributed by atoms with Gasteiger partial charge >= 0.3 is 5.97 Å². The zero-order valence-electron chi connectivity index (χ0n) is 19.1. The van der Waals surface area contributed by atoms with Crippen LogP contribution < -0.4 is 4.74 Å². The normalized spacial score (nSPS) is 10.6. The molecule has 4 nitrogen and oxygen atoms in total. The molecule has 0 aliphatic carbocycles. The van der Waals surface area contributed by atoms with Crippen LogP contribution in [0, 0.1) is 12.8 Å². The largest absolute Gasteiger partial charge is 0.489 e. The summed E-state index contributed by atoms with van der Waals surface area (Å²) in [6.45, 7) is 13.1. The van der Waals surface area contributed by atoms with Gasteiger partial charge in [0.05, 0.1) is 13.0 Å². The Hall–Kier alpha value is -2.75. The van der Waals surface area contributed by atoms with Gasteiger partial charge in [-0.2, -0.15) is 0 Å². The van der Waals surface area contributed by atoms with E-state index in [1.807, 2.05) is 38.1 Å². The standard InChI is InChI=1S/C24H28O4.C2H6/c1-5-26-23(25)14-19-8-6-7-9-22(19)27-15-18-11-17(4)24-20(12-18)13-21(28-24)10-16(2)3;1-2/h6-9,11-13,16H,5,10,14-15H2,1-4H3;1-2H3. The molecule has 0 fully saturated rings. The van der Waals surface area contributed by atoms with Crippen LogP contribution in [0.25, 0.3) is 11.0 Å². The van der Waals surface area contributed by atoms with Gasteiger partial charge in [-0.15, -0.1) is 0 Å². The predicted molar refractivity (Wildman–Crippen MR) is 122 cm³/mol. The Bertz CT molecular complexity index is 953. The average molecular weight is 411 g/mol. The van der Waals surface area contributed by atoms with E-state index in [1.54, 1.807) is 6.92 Å². The predicted octanol–water partition coefficient (Wildman–Crippen LogP) is 6.65. The number of rotatable bonds is 8. The molecule has 0 unspecified atom stereocenters. The first-order chi connectivity index (χ1) is 14.5. The fraction of sp³-hybridized carbons (Fsp3) is 0.423. The topological polar surface area (TPSA) is 48.7 Å². The molecule has 1 aromatic heterocycles. The Morgan fingerprint density at radius 3 is 2.53 bits per heavy atom. The van der Waals surface area contributed by atoms with Crippen LogP contribution in [-0.2, 0) is 29.0 Å². The number of para-hydroxylation sites is 1. The van der Waals surface area contributed by atoms with Gasteiger partial charge in [0, 0.05) is 17.4 Å². The Labute approximate surface area is 180 Å². The van der Waals surface area contributed by atoms with Crippen molar-refractivity contribution in [3.05, 3.63) is 64.9 Å². The second-order valence-electron chi connectivity index (χ2n) is 7.52. The minimum Gasteiger partial charge on any atom is -0.489 e. The van der Waals surface area contributed by atoms with E-state index in [1.165, 1.54) is 0 Å². The minimum atomic E-state index is -0.244. The fourth-order valence-corrected chi connectivity index (χ4v) is 3.36. The number of carbonyl (C=O) groups excluding carboxylic acids is 1. The third kappa shape index (κ3) is 6.38. The molecule has 1 heterocycles. The molecule has 0 atom stereocenters. The second kappa shape index (κ2) is 11.4. The first-order valence-corrected chi connectivity index (χ1v) is 10.8.